The zero-order valence-electron chi connectivity index (χ0n) is 16.8. The number of aromatic nitrogens is 1. The molecule has 6 nitrogen and oxygen atoms in total. The number of anilines is 1. The van der Waals surface area contributed by atoms with Crippen LogP contribution in [-0.2, 0) is 6.54 Å². The van der Waals surface area contributed by atoms with E-state index in [4.69, 9.17) is 9.73 Å². The standard InChI is InChI=1S/C21H29N5O.HI/c1-4-22-21(23-14-17-9-7-8-16(2)24-17)25-18-12-13-26(15-18)19-10-5-6-11-20(19)27-3;/h5-11,18H,4,12-15H2,1-3H3,(H2,22,23,25);1H. The van der Waals surface area contributed by atoms with Gasteiger partial charge in [0.1, 0.15) is 5.75 Å². The van der Waals surface area contributed by atoms with Crippen LogP contribution in [0.25, 0.3) is 0 Å². The normalized spacial score (nSPS) is 16.5. The lowest BCUT2D eigenvalue weighted by Gasteiger charge is -2.22. The molecular weight excluding hydrogens is 465 g/mol. The van der Waals surface area contributed by atoms with E-state index in [1.807, 2.05) is 37.3 Å². The number of aryl methyl sites for hydroxylation is 1. The molecule has 0 amide bonds. The van der Waals surface area contributed by atoms with Gasteiger partial charge < -0.3 is 20.3 Å². The second-order valence-corrected chi connectivity index (χ2v) is 6.71. The number of hydrogen-bond acceptors (Lipinski definition) is 4. The van der Waals surface area contributed by atoms with Crippen molar-refractivity contribution in [1.29, 1.82) is 0 Å². The summed E-state index contributed by atoms with van der Waals surface area (Å²) >= 11 is 0. The average Bonchev–Trinajstić information content (AvgIpc) is 3.14. The molecule has 1 unspecified atom stereocenters. The lowest BCUT2D eigenvalue weighted by Crippen LogP contribution is -2.44. The zero-order valence-corrected chi connectivity index (χ0v) is 19.1. The molecule has 0 spiro atoms. The number of aliphatic imine (C=N–C) groups is 1. The van der Waals surface area contributed by atoms with Crippen molar-refractivity contribution < 1.29 is 4.74 Å². The molecule has 2 N–H and O–H groups in total. The van der Waals surface area contributed by atoms with Gasteiger partial charge in [0.15, 0.2) is 5.96 Å². The Morgan fingerprint density at radius 1 is 1.25 bits per heavy atom. The van der Waals surface area contributed by atoms with Crippen LogP contribution < -0.4 is 20.3 Å². The summed E-state index contributed by atoms with van der Waals surface area (Å²) in [6.45, 7) is 7.40. The predicted octanol–water partition coefficient (Wildman–Crippen LogP) is 3.35. The molecule has 0 bridgehead atoms. The molecule has 152 valence electrons. The van der Waals surface area contributed by atoms with Gasteiger partial charge in [-0.1, -0.05) is 18.2 Å². The third-order valence-corrected chi connectivity index (χ3v) is 4.64. The van der Waals surface area contributed by atoms with E-state index >= 15 is 0 Å². The average molecular weight is 495 g/mol. The summed E-state index contributed by atoms with van der Waals surface area (Å²) in [5.74, 6) is 1.76. The Balaban J connectivity index is 0.00000280. The molecule has 1 aliphatic rings. The molecule has 1 saturated heterocycles. The molecule has 7 heteroatoms. The van der Waals surface area contributed by atoms with Gasteiger partial charge in [-0.2, -0.15) is 0 Å². The van der Waals surface area contributed by atoms with E-state index in [2.05, 4.69) is 39.6 Å². The topological polar surface area (TPSA) is 61.8 Å². The third kappa shape index (κ3) is 5.98. The minimum Gasteiger partial charge on any atom is -0.495 e. The van der Waals surface area contributed by atoms with Crippen molar-refractivity contribution in [2.75, 3.05) is 31.6 Å². The summed E-state index contributed by atoms with van der Waals surface area (Å²) in [4.78, 5) is 11.6. The number of halogens is 1. The van der Waals surface area contributed by atoms with E-state index in [9.17, 15) is 0 Å². The van der Waals surface area contributed by atoms with Gasteiger partial charge >= 0.3 is 0 Å². The SMILES string of the molecule is CCNC(=NCc1cccc(C)n1)NC1CCN(c2ccccc2OC)C1.I. The van der Waals surface area contributed by atoms with Crippen molar-refractivity contribution in [1.82, 2.24) is 15.6 Å². The van der Waals surface area contributed by atoms with Gasteiger partial charge in [-0.25, -0.2) is 4.99 Å². The summed E-state index contributed by atoms with van der Waals surface area (Å²) in [5.41, 5.74) is 3.15. The number of para-hydroxylation sites is 2. The summed E-state index contributed by atoms with van der Waals surface area (Å²) in [6.07, 6.45) is 1.06. The van der Waals surface area contributed by atoms with E-state index in [1.165, 1.54) is 0 Å². The highest BCUT2D eigenvalue weighted by molar-refractivity contribution is 14.0. The Bertz CT molecular complexity index is 783. The molecule has 1 aromatic carbocycles. The molecular formula is C21H30IN5O. The number of guanidine groups is 1. The fraction of sp³-hybridized carbons (Fsp3) is 0.429. The maximum Gasteiger partial charge on any atom is 0.191 e. The van der Waals surface area contributed by atoms with E-state index in [0.29, 0.717) is 12.6 Å². The lowest BCUT2D eigenvalue weighted by molar-refractivity contribution is 0.415. The Hall–Kier alpha value is -2.03. The minimum atomic E-state index is 0. The Kier molecular flexibility index (Phi) is 8.82. The Labute approximate surface area is 184 Å². The van der Waals surface area contributed by atoms with Crippen LogP contribution in [0.15, 0.2) is 47.5 Å². The summed E-state index contributed by atoms with van der Waals surface area (Å²) in [6, 6.07) is 14.6. The Morgan fingerprint density at radius 3 is 2.82 bits per heavy atom. The van der Waals surface area contributed by atoms with Crippen molar-refractivity contribution >= 4 is 35.6 Å². The molecule has 1 aromatic heterocycles. The maximum atomic E-state index is 5.50. The van der Waals surface area contributed by atoms with Crippen molar-refractivity contribution in [3.63, 3.8) is 0 Å². The number of rotatable bonds is 6. The van der Waals surface area contributed by atoms with Gasteiger partial charge in [-0.3, -0.25) is 4.98 Å². The molecule has 3 rings (SSSR count). The quantitative estimate of drug-likeness (QED) is 0.366. The van der Waals surface area contributed by atoms with Crippen LogP contribution in [0.1, 0.15) is 24.7 Å². The smallest absolute Gasteiger partial charge is 0.191 e. The highest BCUT2D eigenvalue weighted by atomic mass is 127. The van der Waals surface area contributed by atoms with Crippen LogP contribution in [0.4, 0.5) is 5.69 Å². The number of ether oxygens (including phenoxy) is 1. The highest BCUT2D eigenvalue weighted by Crippen LogP contribution is 2.30. The van der Waals surface area contributed by atoms with Crippen LogP contribution in [0.5, 0.6) is 5.75 Å². The molecule has 1 fully saturated rings. The second kappa shape index (κ2) is 11.1. The monoisotopic (exact) mass is 495 g/mol. The predicted molar refractivity (Wildman–Crippen MR) is 126 cm³/mol. The largest absolute Gasteiger partial charge is 0.495 e. The van der Waals surface area contributed by atoms with E-state index < -0.39 is 0 Å². The van der Waals surface area contributed by atoms with Gasteiger partial charge in [0, 0.05) is 31.4 Å². The number of methoxy groups -OCH3 is 1. The van der Waals surface area contributed by atoms with E-state index in [1.54, 1.807) is 7.11 Å². The fourth-order valence-corrected chi connectivity index (χ4v) is 3.35. The van der Waals surface area contributed by atoms with E-state index in [-0.39, 0.29) is 24.0 Å². The second-order valence-electron chi connectivity index (χ2n) is 6.71. The van der Waals surface area contributed by atoms with Crippen LogP contribution in [0, 0.1) is 6.92 Å². The van der Waals surface area contributed by atoms with Gasteiger partial charge in [0.05, 0.1) is 25.0 Å². The summed E-state index contributed by atoms with van der Waals surface area (Å²) < 4.78 is 5.50. The van der Waals surface area contributed by atoms with Crippen molar-refractivity contribution in [2.45, 2.75) is 32.9 Å². The highest BCUT2D eigenvalue weighted by Gasteiger charge is 2.25. The molecule has 1 atom stereocenters. The van der Waals surface area contributed by atoms with Gasteiger partial charge in [-0.05, 0) is 44.5 Å². The first kappa shape index (κ1) is 22.3. The van der Waals surface area contributed by atoms with Crippen molar-refractivity contribution in [3.05, 3.63) is 53.9 Å². The van der Waals surface area contributed by atoms with Gasteiger partial charge in [0.2, 0.25) is 0 Å². The first-order valence-corrected chi connectivity index (χ1v) is 9.55. The Morgan fingerprint density at radius 2 is 2.07 bits per heavy atom. The number of nitrogens with zero attached hydrogens (tertiary/aromatic N) is 3. The first-order chi connectivity index (χ1) is 13.2. The molecule has 1 aliphatic heterocycles. The number of hydrogen-bond donors (Lipinski definition) is 2. The van der Waals surface area contributed by atoms with Crippen LogP contribution in [0.2, 0.25) is 0 Å². The minimum absolute atomic E-state index is 0. The first-order valence-electron chi connectivity index (χ1n) is 9.55. The molecule has 0 saturated carbocycles. The van der Waals surface area contributed by atoms with Gasteiger partial charge in [0.25, 0.3) is 0 Å². The van der Waals surface area contributed by atoms with Crippen molar-refractivity contribution in [3.8, 4) is 5.75 Å². The fourth-order valence-electron chi connectivity index (χ4n) is 3.35. The maximum absolute atomic E-state index is 5.50. The molecule has 0 aliphatic carbocycles. The third-order valence-electron chi connectivity index (χ3n) is 4.64. The lowest BCUT2D eigenvalue weighted by atomic mass is 10.2. The number of nitrogens with one attached hydrogen (secondary N) is 2. The van der Waals surface area contributed by atoms with Crippen LogP contribution in [-0.4, -0.2) is 43.7 Å². The van der Waals surface area contributed by atoms with Crippen LogP contribution in [0.3, 0.4) is 0 Å². The molecule has 0 radical (unpaired) electrons. The molecule has 2 aromatic rings. The van der Waals surface area contributed by atoms with Crippen molar-refractivity contribution in [2.24, 2.45) is 4.99 Å². The zero-order chi connectivity index (χ0) is 19.1. The van der Waals surface area contributed by atoms with E-state index in [0.717, 1.165) is 54.8 Å². The number of benzene rings is 1. The van der Waals surface area contributed by atoms with Crippen LogP contribution >= 0.6 is 24.0 Å². The van der Waals surface area contributed by atoms with Gasteiger partial charge in [-0.15, -0.1) is 24.0 Å². The summed E-state index contributed by atoms with van der Waals surface area (Å²) in [7, 11) is 1.72. The molecule has 28 heavy (non-hydrogen) atoms. The summed E-state index contributed by atoms with van der Waals surface area (Å²) in [5, 5.41) is 6.91. The number of pyridine rings is 1. The molecule has 2 heterocycles.